The van der Waals surface area contributed by atoms with Crippen LogP contribution in [-0.2, 0) is 0 Å². The highest BCUT2D eigenvalue weighted by Gasteiger charge is 2.08. The van der Waals surface area contributed by atoms with E-state index in [1.54, 1.807) is 0 Å². The number of hydrogen-bond acceptors (Lipinski definition) is 1. The summed E-state index contributed by atoms with van der Waals surface area (Å²) in [5.41, 5.74) is 0.984. The normalized spacial score (nSPS) is 12.2. The van der Waals surface area contributed by atoms with Crippen molar-refractivity contribution in [2.45, 2.75) is 19.3 Å². The van der Waals surface area contributed by atoms with E-state index < -0.39 is 0 Å². The molecule has 0 spiro atoms. The van der Waals surface area contributed by atoms with E-state index in [1.165, 1.54) is 0 Å². The quantitative estimate of drug-likeness (QED) is 0.783. The molecule has 0 aromatic heterocycles. The molecule has 0 aliphatic rings. The van der Waals surface area contributed by atoms with Gasteiger partial charge < -0.3 is 0 Å². The molecular weight excluding hydrogens is 249 g/mol. The van der Waals surface area contributed by atoms with Gasteiger partial charge in [0.15, 0.2) is 0 Å². The second-order valence-electron chi connectivity index (χ2n) is 2.76. The summed E-state index contributed by atoms with van der Waals surface area (Å²) in [6.07, 6.45) is 0.814. The SMILES string of the molecule is CCC(C#N)c1ccc(Br)c(Cl)c1. The molecule has 0 radical (unpaired) electrons. The van der Waals surface area contributed by atoms with Crippen LogP contribution in [0, 0.1) is 11.3 Å². The Labute approximate surface area is 91.5 Å². The van der Waals surface area contributed by atoms with Gasteiger partial charge in [-0.25, -0.2) is 0 Å². The highest BCUT2D eigenvalue weighted by molar-refractivity contribution is 9.10. The van der Waals surface area contributed by atoms with E-state index in [2.05, 4.69) is 22.0 Å². The number of rotatable bonds is 2. The molecule has 1 aromatic carbocycles. The highest BCUT2D eigenvalue weighted by atomic mass is 79.9. The molecule has 0 N–H and O–H groups in total. The van der Waals surface area contributed by atoms with Gasteiger partial charge in [0.25, 0.3) is 0 Å². The van der Waals surface area contributed by atoms with E-state index in [1.807, 2.05) is 25.1 Å². The topological polar surface area (TPSA) is 23.8 Å². The first-order valence-electron chi connectivity index (χ1n) is 4.03. The lowest BCUT2D eigenvalue weighted by Crippen LogP contribution is -1.93. The van der Waals surface area contributed by atoms with Crippen LogP contribution >= 0.6 is 27.5 Å². The molecule has 13 heavy (non-hydrogen) atoms. The first-order valence-corrected chi connectivity index (χ1v) is 5.20. The summed E-state index contributed by atoms with van der Waals surface area (Å²) >= 11 is 9.22. The van der Waals surface area contributed by atoms with Gasteiger partial charge in [-0.1, -0.05) is 24.6 Å². The zero-order valence-electron chi connectivity index (χ0n) is 7.22. The molecule has 0 aliphatic heterocycles. The van der Waals surface area contributed by atoms with Gasteiger partial charge in [-0.15, -0.1) is 0 Å². The molecule has 1 atom stereocenters. The van der Waals surface area contributed by atoms with Crippen LogP contribution in [0.15, 0.2) is 22.7 Å². The van der Waals surface area contributed by atoms with Gasteiger partial charge in [-0.3, -0.25) is 0 Å². The minimum Gasteiger partial charge on any atom is -0.198 e. The largest absolute Gasteiger partial charge is 0.198 e. The van der Waals surface area contributed by atoms with Crippen molar-refractivity contribution in [3.8, 4) is 6.07 Å². The molecule has 3 heteroatoms. The van der Waals surface area contributed by atoms with Crippen molar-refractivity contribution in [1.29, 1.82) is 5.26 Å². The second kappa shape index (κ2) is 4.64. The van der Waals surface area contributed by atoms with Crippen molar-refractivity contribution in [2.24, 2.45) is 0 Å². The predicted molar refractivity (Wildman–Crippen MR) is 57.8 cm³/mol. The molecule has 0 bridgehead atoms. The Hall–Kier alpha value is -0.520. The van der Waals surface area contributed by atoms with Crippen molar-refractivity contribution >= 4 is 27.5 Å². The molecule has 0 saturated carbocycles. The van der Waals surface area contributed by atoms with Crippen molar-refractivity contribution in [3.63, 3.8) is 0 Å². The van der Waals surface area contributed by atoms with E-state index in [9.17, 15) is 0 Å². The summed E-state index contributed by atoms with van der Waals surface area (Å²) < 4.78 is 0.866. The Bertz CT molecular complexity index is 343. The first kappa shape index (κ1) is 10.6. The van der Waals surface area contributed by atoms with Crippen molar-refractivity contribution in [2.75, 3.05) is 0 Å². The van der Waals surface area contributed by atoms with Gasteiger partial charge >= 0.3 is 0 Å². The van der Waals surface area contributed by atoms with Crippen LogP contribution < -0.4 is 0 Å². The fourth-order valence-electron chi connectivity index (χ4n) is 1.13. The van der Waals surface area contributed by atoms with E-state index >= 15 is 0 Å². The van der Waals surface area contributed by atoms with Crippen LogP contribution in [0.3, 0.4) is 0 Å². The molecule has 0 saturated heterocycles. The fraction of sp³-hybridized carbons (Fsp3) is 0.300. The standard InChI is InChI=1S/C10H9BrClN/c1-2-7(6-13)8-3-4-9(11)10(12)5-8/h3-5,7H,2H2,1H3. The maximum absolute atomic E-state index is 8.83. The molecule has 1 aromatic rings. The average molecular weight is 259 g/mol. The maximum Gasteiger partial charge on any atom is 0.0710 e. The van der Waals surface area contributed by atoms with Gasteiger partial charge in [0, 0.05) is 4.47 Å². The summed E-state index contributed by atoms with van der Waals surface area (Å²) in [5.74, 6) is -0.0504. The van der Waals surface area contributed by atoms with Gasteiger partial charge in [-0.05, 0) is 40.0 Å². The summed E-state index contributed by atoms with van der Waals surface area (Å²) in [5, 5.41) is 9.49. The van der Waals surface area contributed by atoms with Crippen LogP contribution in [-0.4, -0.2) is 0 Å². The number of halogens is 2. The molecular formula is C10H9BrClN. The Kier molecular flexibility index (Phi) is 3.77. The monoisotopic (exact) mass is 257 g/mol. The van der Waals surface area contributed by atoms with Crippen molar-refractivity contribution in [1.82, 2.24) is 0 Å². The zero-order chi connectivity index (χ0) is 9.84. The maximum atomic E-state index is 8.83. The number of nitriles is 1. The minimum atomic E-state index is -0.0504. The van der Waals surface area contributed by atoms with E-state index in [0.29, 0.717) is 5.02 Å². The Morgan fingerprint density at radius 1 is 1.62 bits per heavy atom. The third kappa shape index (κ3) is 2.46. The lowest BCUT2D eigenvalue weighted by atomic mass is 9.98. The molecule has 1 unspecified atom stereocenters. The number of nitrogens with zero attached hydrogens (tertiary/aromatic N) is 1. The van der Waals surface area contributed by atoms with Gasteiger partial charge in [-0.2, -0.15) is 5.26 Å². The molecule has 0 aliphatic carbocycles. The van der Waals surface area contributed by atoms with Gasteiger partial charge in [0.05, 0.1) is 17.0 Å². The summed E-state index contributed by atoms with van der Waals surface area (Å²) in [6.45, 7) is 1.99. The first-order chi connectivity index (χ1) is 6.19. The summed E-state index contributed by atoms with van der Waals surface area (Å²) in [4.78, 5) is 0. The minimum absolute atomic E-state index is 0.0504. The Morgan fingerprint density at radius 3 is 2.77 bits per heavy atom. The molecule has 0 amide bonds. The van der Waals surface area contributed by atoms with Crippen LogP contribution in [0.4, 0.5) is 0 Å². The van der Waals surface area contributed by atoms with Crippen LogP contribution in [0.25, 0.3) is 0 Å². The van der Waals surface area contributed by atoms with E-state index in [-0.39, 0.29) is 5.92 Å². The molecule has 1 rings (SSSR count). The van der Waals surface area contributed by atoms with E-state index in [4.69, 9.17) is 16.9 Å². The summed E-state index contributed by atoms with van der Waals surface area (Å²) in [6, 6.07) is 7.87. The number of hydrogen-bond donors (Lipinski definition) is 0. The summed E-state index contributed by atoms with van der Waals surface area (Å²) in [7, 11) is 0. The Morgan fingerprint density at radius 2 is 2.31 bits per heavy atom. The van der Waals surface area contributed by atoms with Crippen molar-refractivity contribution in [3.05, 3.63) is 33.3 Å². The molecule has 1 nitrogen and oxygen atoms in total. The fourth-order valence-corrected chi connectivity index (χ4v) is 1.57. The van der Waals surface area contributed by atoms with Crippen LogP contribution in [0.2, 0.25) is 5.02 Å². The second-order valence-corrected chi connectivity index (χ2v) is 4.03. The number of benzene rings is 1. The molecule has 0 heterocycles. The van der Waals surface area contributed by atoms with Crippen molar-refractivity contribution < 1.29 is 0 Å². The lowest BCUT2D eigenvalue weighted by molar-refractivity contribution is 0.818. The smallest absolute Gasteiger partial charge is 0.0710 e. The lowest BCUT2D eigenvalue weighted by Gasteiger charge is -2.06. The highest BCUT2D eigenvalue weighted by Crippen LogP contribution is 2.27. The Balaban J connectivity index is 3.04. The van der Waals surface area contributed by atoms with Crippen LogP contribution in [0.1, 0.15) is 24.8 Å². The molecule has 0 fully saturated rings. The molecule has 68 valence electrons. The third-order valence-corrected chi connectivity index (χ3v) is 3.14. The van der Waals surface area contributed by atoms with Crippen LogP contribution in [0.5, 0.6) is 0 Å². The van der Waals surface area contributed by atoms with E-state index in [0.717, 1.165) is 16.5 Å². The third-order valence-electron chi connectivity index (χ3n) is 1.91. The van der Waals surface area contributed by atoms with Gasteiger partial charge in [0.1, 0.15) is 0 Å². The zero-order valence-corrected chi connectivity index (χ0v) is 9.56. The van der Waals surface area contributed by atoms with Gasteiger partial charge in [0.2, 0.25) is 0 Å². The average Bonchev–Trinajstić information content (AvgIpc) is 2.13. The predicted octanol–water partition coefficient (Wildman–Crippen LogP) is 4.12.